The summed E-state index contributed by atoms with van der Waals surface area (Å²) in [6.45, 7) is 4.06. The summed E-state index contributed by atoms with van der Waals surface area (Å²) in [6.07, 6.45) is 1.55. The Kier molecular flexibility index (Phi) is 3.22. The number of aryl methyl sites for hydroxylation is 2. The monoisotopic (exact) mass is 282 g/mol. The summed E-state index contributed by atoms with van der Waals surface area (Å²) in [6, 6.07) is 10.2. The van der Waals surface area contributed by atoms with Gasteiger partial charge >= 0.3 is 0 Å². The lowest BCUT2D eigenvalue weighted by Gasteiger charge is -2.00. The number of hydrogen-bond acceptors (Lipinski definition) is 2. The second kappa shape index (κ2) is 5.05. The number of aromatic hydroxyl groups is 1. The highest BCUT2D eigenvalue weighted by molar-refractivity contribution is 6.02. The van der Waals surface area contributed by atoms with E-state index in [0.29, 0.717) is 16.5 Å². The molecule has 0 fully saturated rings. The predicted octanol–water partition coefficient (Wildman–Crippen LogP) is 4.38. The van der Waals surface area contributed by atoms with Crippen molar-refractivity contribution in [2.24, 2.45) is 4.99 Å². The van der Waals surface area contributed by atoms with Crippen molar-refractivity contribution in [3.05, 3.63) is 58.9 Å². The molecule has 106 valence electrons. The van der Waals surface area contributed by atoms with Gasteiger partial charge in [0.25, 0.3) is 0 Å². The first kappa shape index (κ1) is 13.4. The van der Waals surface area contributed by atoms with Gasteiger partial charge in [-0.25, -0.2) is 4.39 Å². The van der Waals surface area contributed by atoms with Gasteiger partial charge in [0.1, 0.15) is 5.82 Å². The van der Waals surface area contributed by atoms with Gasteiger partial charge in [0.2, 0.25) is 0 Å². The van der Waals surface area contributed by atoms with E-state index in [-0.39, 0.29) is 11.7 Å². The second-order valence-electron chi connectivity index (χ2n) is 5.10. The number of hydrogen-bond donors (Lipinski definition) is 2. The third-order valence-electron chi connectivity index (χ3n) is 3.61. The van der Waals surface area contributed by atoms with Gasteiger partial charge in [-0.1, -0.05) is 6.07 Å². The van der Waals surface area contributed by atoms with E-state index in [9.17, 15) is 9.50 Å². The number of halogens is 1. The lowest BCUT2D eigenvalue weighted by molar-refractivity contribution is 0.457. The third kappa shape index (κ3) is 2.52. The second-order valence-corrected chi connectivity index (χ2v) is 5.10. The number of nitrogens with zero attached hydrogens (tertiary/aromatic N) is 1. The zero-order chi connectivity index (χ0) is 15.0. The van der Waals surface area contributed by atoms with Gasteiger partial charge < -0.3 is 10.1 Å². The number of nitrogens with one attached hydrogen (secondary N) is 1. The van der Waals surface area contributed by atoms with Crippen LogP contribution in [0.5, 0.6) is 5.88 Å². The summed E-state index contributed by atoms with van der Waals surface area (Å²) >= 11 is 0. The highest BCUT2D eigenvalue weighted by atomic mass is 19.1. The number of aromatic nitrogens is 1. The molecule has 4 heteroatoms. The van der Waals surface area contributed by atoms with Crippen LogP contribution in [0.1, 0.15) is 16.7 Å². The zero-order valence-electron chi connectivity index (χ0n) is 11.8. The minimum Gasteiger partial charge on any atom is -0.494 e. The fourth-order valence-electron chi connectivity index (χ4n) is 2.25. The fourth-order valence-corrected chi connectivity index (χ4v) is 2.25. The highest BCUT2D eigenvalue weighted by Crippen LogP contribution is 2.27. The first-order chi connectivity index (χ1) is 10.0. The number of fused-ring (bicyclic) bond motifs is 1. The number of rotatable bonds is 2. The van der Waals surface area contributed by atoms with Crippen molar-refractivity contribution in [3.8, 4) is 5.88 Å². The molecule has 0 radical (unpaired) electrons. The van der Waals surface area contributed by atoms with Gasteiger partial charge in [-0.3, -0.25) is 4.99 Å². The summed E-state index contributed by atoms with van der Waals surface area (Å²) < 4.78 is 13.3. The normalized spacial score (nSPS) is 11.6. The van der Waals surface area contributed by atoms with Crippen LogP contribution in [0.2, 0.25) is 0 Å². The van der Waals surface area contributed by atoms with E-state index in [0.717, 1.165) is 11.3 Å². The maximum absolute atomic E-state index is 13.3. The topological polar surface area (TPSA) is 48.4 Å². The number of benzene rings is 2. The van der Waals surface area contributed by atoms with Crippen LogP contribution in [0.3, 0.4) is 0 Å². The van der Waals surface area contributed by atoms with Crippen molar-refractivity contribution in [1.29, 1.82) is 0 Å². The minimum atomic E-state index is -0.345. The van der Waals surface area contributed by atoms with Crippen LogP contribution < -0.4 is 0 Å². The smallest absolute Gasteiger partial charge is 0.198 e. The summed E-state index contributed by atoms with van der Waals surface area (Å²) in [5.74, 6) is -0.356. The van der Waals surface area contributed by atoms with E-state index in [1.165, 1.54) is 17.7 Å². The standard InChI is InChI=1S/C17H15FN2O/c1-10-3-5-13(7-11(10)2)19-9-15-14-8-12(18)4-6-16(14)20-17(15)21/h3-9,20-21H,1-2H3. The largest absolute Gasteiger partial charge is 0.494 e. The average Bonchev–Trinajstić information content (AvgIpc) is 2.75. The molecule has 2 aromatic carbocycles. The van der Waals surface area contributed by atoms with Crippen molar-refractivity contribution < 1.29 is 9.50 Å². The van der Waals surface area contributed by atoms with Crippen molar-refractivity contribution in [2.75, 3.05) is 0 Å². The lowest BCUT2D eigenvalue weighted by Crippen LogP contribution is -1.82. The van der Waals surface area contributed by atoms with Crippen LogP contribution in [-0.4, -0.2) is 16.3 Å². The van der Waals surface area contributed by atoms with Crippen LogP contribution >= 0.6 is 0 Å². The molecule has 0 amide bonds. The van der Waals surface area contributed by atoms with Crippen LogP contribution in [0.4, 0.5) is 10.1 Å². The lowest BCUT2D eigenvalue weighted by atomic mass is 10.1. The molecule has 3 aromatic rings. The quantitative estimate of drug-likeness (QED) is 0.673. The molecule has 0 bridgehead atoms. The Bertz CT molecular complexity index is 849. The molecule has 3 nitrogen and oxygen atoms in total. The van der Waals surface area contributed by atoms with Crippen molar-refractivity contribution in [3.63, 3.8) is 0 Å². The molecular weight excluding hydrogens is 267 g/mol. The van der Waals surface area contributed by atoms with E-state index in [2.05, 4.69) is 9.98 Å². The van der Waals surface area contributed by atoms with Crippen LogP contribution in [0, 0.1) is 19.7 Å². The summed E-state index contributed by atoms with van der Waals surface area (Å²) in [4.78, 5) is 7.17. The van der Waals surface area contributed by atoms with Crippen molar-refractivity contribution in [1.82, 2.24) is 4.98 Å². The zero-order valence-corrected chi connectivity index (χ0v) is 11.8. The van der Waals surface area contributed by atoms with E-state index in [1.54, 1.807) is 12.3 Å². The highest BCUT2D eigenvalue weighted by Gasteiger charge is 2.09. The van der Waals surface area contributed by atoms with Gasteiger partial charge in [0, 0.05) is 17.1 Å². The Morgan fingerprint density at radius 1 is 1.10 bits per heavy atom. The molecule has 2 N–H and O–H groups in total. The molecule has 0 atom stereocenters. The van der Waals surface area contributed by atoms with Gasteiger partial charge in [-0.15, -0.1) is 0 Å². The van der Waals surface area contributed by atoms with Crippen molar-refractivity contribution >= 4 is 22.8 Å². The molecule has 0 saturated carbocycles. The Morgan fingerprint density at radius 3 is 2.67 bits per heavy atom. The van der Waals surface area contributed by atoms with E-state index >= 15 is 0 Å². The fraction of sp³-hybridized carbons (Fsp3) is 0.118. The Balaban J connectivity index is 2.04. The van der Waals surface area contributed by atoms with Crippen molar-refractivity contribution in [2.45, 2.75) is 13.8 Å². The summed E-state index contributed by atoms with van der Waals surface area (Å²) in [5.41, 5.74) is 4.31. The molecule has 0 saturated heterocycles. The summed E-state index contributed by atoms with van der Waals surface area (Å²) in [5, 5.41) is 10.5. The number of H-pyrrole nitrogens is 1. The minimum absolute atomic E-state index is 0.0109. The Hall–Kier alpha value is -2.62. The van der Waals surface area contributed by atoms with Gasteiger partial charge in [0.05, 0.1) is 11.3 Å². The Labute approximate surface area is 121 Å². The first-order valence-electron chi connectivity index (χ1n) is 6.66. The third-order valence-corrected chi connectivity index (χ3v) is 3.61. The number of aromatic amines is 1. The average molecular weight is 282 g/mol. The van der Waals surface area contributed by atoms with Crippen LogP contribution in [-0.2, 0) is 0 Å². The molecule has 21 heavy (non-hydrogen) atoms. The molecule has 0 aliphatic rings. The first-order valence-corrected chi connectivity index (χ1v) is 6.66. The molecular formula is C17H15FN2O. The summed E-state index contributed by atoms with van der Waals surface area (Å²) in [7, 11) is 0. The molecule has 1 heterocycles. The SMILES string of the molecule is Cc1ccc(N=Cc2c(O)[nH]c3ccc(F)cc23)cc1C. The molecule has 3 rings (SSSR count). The van der Waals surface area contributed by atoms with E-state index < -0.39 is 0 Å². The van der Waals surface area contributed by atoms with E-state index in [1.807, 2.05) is 32.0 Å². The number of aliphatic imine (C=N–C) groups is 1. The van der Waals surface area contributed by atoms with E-state index in [4.69, 9.17) is 0 Å². The predicted molar refractivity (Wildman–Crippen MR) is 83.1 cm³/mol. The van der Waals surface area contributed by atoms with Gasteiger partial charge in [0.15, 0.2) is 5.88 Å². The maximum atomic E-state index is 13.3. The molecule has 0 aliphatic carbocycles. The van der Waals surface area contributed by atoms with Crippen LogP contribution in [0.15, 0.2) is 41.4 Å². The van der Waals surface area contributed by atoms with Gasteiger partial charge in [-0.2, -0.15) is 0 Å². The molecule has 1 aromatic heterocycles. The molecule has 0 spiro atoms. The molecule has 0 aliphatic heterocycles. The molecule has 0 unspecified atom stereocenters. The maximum Gasteiger partial charge on any atom is 0.198 e. The van der Waals surface area contributed by atoms with Gasteiger partial charge in [-0.05, 0) is 55.3 Å². The Morgan fingerprint density at radius 2 is 1.90 bits per heavy atom. The van der Waals surface area contributed by atoms with Crippen LogP contribution in [0.25, 0.3) is 10.9 Å².